The predicted octanol–water partition coefficient (Wildman–Crippen LogP) is 3.70. The van der Waals surface area contributed by atoms with Gasteiger partial charge >= 0.3 is 0 Å². The Morgan fingerprint density at radius 1 is 1.38 bits per heavy atom. The molecule has 0 aliphatic heterocycles. The van der Waals surface area contributed by atoms with Gasteiger partial charge in [0.15, 0.2) is 5.78 Å². The van der Waals surface area contributed by atoms with Crippen LogP contribution in [-0.4, -0.2) is 17.3 Å². The summed E-state index contributed by atoms with van der Waals surface area (Å²) in [5.41, 5.74) is 1.93. The zero-order valence-corrected chi connectivity index (χ0v) is 13.7. The smallest absolute Gasteiger partial charge is 0.270 e. The number of non-ortho nitro benzene ring substituents is 1. The molecular formula is C17H15N3O3S. The summed E-state index contributed by atoms with van der Waals surface area (Å²) in [6.45, 7) is 0.00917. The van der Waals surface area contributed by atoms with Crippen LogP contribution in [0.15, 0.2) is 24.3 Å². The average Bonchev–Trinajstić information content (AvgIpc) is 2.97. The molecule has 122 valence electrons. The Morgan fingerprint density at radius 2 is 2.17 bits per heavy atom. The Labute approximate surface area is 142 Å². The van der Waals surface area contributed by atoms with E-state index < -0.39 is 4.92 Å². The van der Waals surface area contributed by atoms with Crippen molar-refractivity contribution in [1.82, 2.24) is 0 Å². The molecule has 3 rings (SSSR count). The summed E-state index contributed by atoms with van der Waals surface area (Å²) in [6, 6.07) is 7.92. The lowest BCUT2D eigenvalue weighted by atomic mass is 9.96. The molecule has 0 atom stereocenters. The number of aryl methyl sites for hydroxylation is 1. The summed E-state index contributed by atoms with van der Waals surface area (Å²) in [7, 11) is 0. The van der Waals surface area contributed by atoms with Crippen molar-refractivity contribution in [1.29, 1.82) is 5.26 Å². The van der Waals surface area contributed by atoms with Crippen LogP contribution in [0.2, 0.25) is 0 Å². The number of hydrogen-bond acceptors (Lipinski definition) is 6. The van der Waals surface area contributed by atoms with Gasteiger partial charge in [-0.05, 0) is 31.2 Å². The van der Waals surface area contributed by atoms with E-state index in [1.165, 1.54) is 34.4 Å². The number of nitro benzene ring substituents is 1. The Morgan fingerprint density at radius 3 is 2.92 bits per heavy atom. The van der Waals surface area contributed by atoms with Crippen LogP contribution in [-0.2, 0) is 12.8 Å². The van der Waals surface area contributed by atoms with Crippen molar-refractivity contribution in [3.8, 4) is 6.07 Å². The minimum atomic E-state index is -0.523. The van der Waals surface area contributed by atoms with Crippen LogP contribution in [0.1, 0.15) is 39.2 Å². The van der Waals surface area contributed by atoms with Gasteiger partial charge in [0.1, 0.15) is 11.1 Å². The molecule has 0 unspecified atom stereocenters. The number of anilines is 1. The molecule has 1 aliphatic rings. The number of ketones is 1. The highest BCUT2D eigenvalue weighted by Crippen LogP contribution is 2.37. The molecule has 0 saturated carbocycles. The van der Waals surface area contributed by atoms with Crippen molar-refractivity contribution in [3.05, 3.63) is 55.9 Å². The molecule has 24 heavy (non-hydrogen) atoms. The zero-order valence-electron chi connectivity index (χ0n) is 12.9. The van der Waals surface area contributed by atoms with Gasteiger partial charge in [0, 0.05) is 22.6 Å². The zero-order chi connectivity index (χ0) is 17.1. The summed E-state index contributed by atoms with van der Waals surface area (Å²) in [6.07, 6.45) is 4.11. The Bertz CT molecular complexity index is 851. The molecule has 2 aromatic rings. The molecule has 1 aromatic carbocycles. The molecule has 1 aliphatic carbocycles. The van der Waals surface area contributed by atoms with E-state index in [0.717, 1.165) is 36.2 Å². The molecule has 0 bridgehead atoms. The van der Waals surface area contributed by atoms with Crippen LogP contribution in [0.25, 0.3) is 0 Å². The topological polar surface area (TPSA) is 96.0 Å². The van der Waals surface area contributed by atoms with E-state index in [-0.39, 0.29) is 23.6 Å². The second-order valence-corrected chi connectivity index (χ2v) is 6.72. The maximum absolute atomic E-state index is 12.3. The number of nitro groups is 1. The third kappa shape index (κ3) is 3.14. The molecule has 0 fully saturated rings. The van der Waals surface area contributed by atoms with Gasteiger partial charge in [-0.25, -0.2) is 0 Å². The Hall–Kier alpha value is -2.72. The average molecular weight is 341 g/mol. The number of hydrogen-bond donors (Lipinski definition) is 1. The van der Waals surface area contributed by atoms with Crippen LogP contribution in [0.3, 0.4) is 0 Å². The molecule has 1 heterocycles. The van der Waals surface area contributed by atoms with Crippen LogP contribution in [0, 0.1) is 21.4 Å². The summed E-state index contributed by atoms with van der Waals surface area (Å²) in [4.78, 5) is 23.8. The minimum absolute atomic E-state index is 0.00917. The fourth-order valence-electron chi connectivity index (χ4n) is 2.86. The fourth-order valence-corrected chi connectivity index (χ4v) is 4.10. The first-order valence-corrected chi connectivity index (χ1v) is 8.48. The van der Waals surface area contributed by atoms with Gasteiger partial charge in [-0.1, -0.05) is 12.1 Å². The maximum Gasteiger partial charge on any atom is 0.270 e. The molecule has 1 N–H and O–H groups in total. The summed E-state index contributed by atoms with van der Waals surface area (Å²) in [5.74, 6) is -0.242. The van der Waals surface area contributed by atoms with E-state index in [4.69, 9.17) is 0 Å². The molecular weight excluding hydrogens is 326 g/mol. The van der Waals surface area contributed by atoms with Crippen molar-refractivity contribution in [2.75, 3.05) is 11.9 Å². The lowest BCUT2D eigenvalue weighted by Gasteiger charge is -2.09. The van der Waals surface area contributed by atoms with Crippen LogP contribution >= 0.6 is 11.3 Å². The van der Waals surface area contributed by atoms with Gasteiger partial charge in [-0.3, -0.25) is 14.9 Å². The highest BCUT2D eigenvalue weighted by Gasteiger charge is 2.21. The van der Waals surface area contributed by atoms with Crippen molar-refractivity contribution < 1.29 is 9.72 Å². The second-order valence-electron chi connectivity index (χ2n) is 5.61. The third-order valence-corrected chi connectivity index (χ3v) is 5.32. The normalized spacial score (nSPS) is 13.0. The Kier molecular flexibility index (Phi) is 4.58. The summed E-state index contributed by atoms with van der Waals surface area (Å²) < 4.78 is 0. The van der Waals surface area contributed by atoms with Gasteiger partial charge in [0.05, 0.1) is 17.0 Å². The third-order valence-electron chi connectivity index (χ3n) is 4.07. The van der Waals surface area contributed by atoms with E-state index >= 15 is 0 Å². The standard InChI is InChI=1S/C17H15N3O3S/c18-9-14-13-6-1-2-7-16(13)24-17(14)19-10-15(21)11-4-3-5-12(8-11)20(22)23/h3-5,8,19H,1-2,6-7,10H2. The molecule has 0 amide bonds. The number of Topliss-reactive ketones (excluding diaryl/α,β-unsaturated/α-hetero) is 1. The van der Waals surface area contributed by atoms with Crippen molar-refractivity contribution in [2.24, 2.45) is 0 Å². The predicted molar refractivity (Wildman–Crippen MR) is 91.6 cm³/mol. The monoisotopic (exact) mass is 341 g/mol. The fraction of sp³-hybridized carbons (Fsp3) is 0.294. The lowest BCUT2D eigenvalue weighted by Crippen LogP contribution is -2.14. The molecule has 6 nitrogen and oxygen atoms in total. The molecule has 0 spiro atoms. The molecule has 1 aromatic heterocycles. The molecule has 7 heteroatoms. The van der Waals surface area contributed by atoms with Crippen LogP contribution in [0.5, 0.6) is 0 Å². The van der Waals surface area contributed by atoms with E-state index in [1.807, 2.05) is 0 Å². The van der Waals surface area contributed by atoms with Crippen molar-refractivity contribution >= 4 is 27.8 Å². The summed E-state index contributed by atoms with van der Waals surface area (Å²) >= 11 is 1.54. The van der Waals surface area contributed by atoms with Crippen LogP contribution in [0.4, 0.5) is 10.7 Å². The van der Waals surface area contributed by atoms with Gasteiger partial charge in [-0.15, -0.1) is 11.3 Å². The first-order chi connectivity index (χ1) is 11.6. The van der Waals surface area contributed by atoms with E-state index in [0.29, 0.717) is 5.56 Å². The van der Waals surface area contributed by atoms with E-state index in [9.17, 15) is 20.2 Å². The van der Waals surface area contributed by atoms with E-state index in [1.54, 1.807) is 6.07 Å². The van der Waals surface area contributed by atoms with E-state index in [2.05, 4.69) is 11.4 Å². The van der Waals surface area contributed by atoms with Crippen molar-refractivity contribution in [2.45, 2.75) is 25.7 Å². The van der Waals surface area contributed by atoms with Gasteiger partial charge in [-0.2, -0.15) is 5.26 Å². The number of nitrogens with one attached hydrogen (secondary N) is 1. The van der Waals surface area contributed by atoms with Gasteiger partial charge < -0.3 is 5.32 Å². The van der Waals surface area contributed by atoms with Gasteiger partial charge in [0.25, 0.3) is 5.69 Å². The lowest BCUT2D eigenvalue weighted by molar-refractivity contribution is -0.384. The molecule has 0 radical (unpaired) electrons. The quantitative estimate of drug-likeness (QED) is 0.508. The minimum Gasteiger partial charge on any atom is -0.368 e. The number of nitrogens with zero attached hydrogens (tertiary/aromatic N) is 2. The maximum atomic E-state index is 12.3. The second kappa shape index (κ2) is 6.81. The number of fused-ring (bicyclic) bond motifs is 1. The highest BCUT2D eigenvalue weighted by atomic mass is 32.1. The summed E-state index contributed by atoms with van der Waals surface area (Å²) in [5, 5.41) is 24.0. The number of thiophene rings is 1. The first-order valence-electron chi connectivity index (χ1n) is 7.66. The number of carbonyl (C=O) groups excluding carboxylic acids is 1. The number of rotatable bonds is 5. The number of carbonyl (C=O) groups is 1. The number of nitriles is 1. The van der Waals surface area contributed by atoms with Crippen LogP contribution < -0.4 is 5.32 Å². The van der Waals surface area contributed by atoms with Crippen molar-refractivity contribution in [3.63, 3.8) is 0 Å². The SMILES string of the molecule is N#Cc1c(NCC(=O)c2cccc([N+](=O)[O-])c2)sc2c1CCCC2. The van der Waals surface area contributed by atoms with Gasteiger partial charge in [0.2, 0.25) is 0 Å². The first kappa shape index (κ1) is 16.1. The largest absolute Gasteiger partial charge is 0.368 e. The number of benzene rings is 1. The molecule has 0 saturated heterocycles. The highest BCUT2D eigenvalue weighted by molar-refractivity contribution is 7.16. The Balaban J connectivity index is 1.75.